The third-order valence-electron chi connectivity index (χ3n) is 6.62. The van der Waals surface area contributed by atoms with E-state index in [0.717, 1.165) is 39.2 Å². The molecule has 0 unspecified atom stereocenters. The molecule has 6 rings (SSSR count). The third-order valence-corrected chi connectivity index (χ3v) is 6.62. The van der Waals surface area contributed by atoms with Crippen molar-refractivity contribution >= 4 is 10.9 Å². The van der Waals surface area contributed by atoms with Gasteiger partial charge in [-0.3, -0.25) is 9.78 Å². The molecule has 3 heterocycles. The number of aromatic nitrogens is 4. The molecular weight excluding hydrogens is 448 g/mol. The Kier molecular flexibility index (Phi) is 5.15. The normalized spacial score (nSPS) is 11.4. The van der Waals surface area contributed by atoms with Crippen LogP contribution in [0.25, 0.3) is 39.0 Å². The number of hydrogen-bond donors (Lipinski definition) is 1. The molecular formula is C30H24N4O2. The fourth-order valence-electron chi connectivity index (χ4n) is 4.68. The summed E-state index contributed by atoms with van der Waals surface area (Å²) in [5.41, 5.74) is 7.47. The van der Waals surface area contributed by atoms with Crippen molar-refractivity contribution < 1.29 is 5.11 Å². The monoisotopic (exact) mass is 472 g/mol. The second kappa shape index (κ2) is 8.50. The van der Waals surface area contributed by atoms with Crippen LogP contribution in [0.3, 0.4) is 0 Å². The Morgan fingerprint density at radius 2 is 1.64 bits per heavy atom. The summed E-state index contributed by atoms with van der Waals surface area (Å²) in [6.45, 7) is 4.46. The van der Waals surface area contributed by atoms with E-state index in [1.165, 1.54) is 4.68 Å². The lowest BCUT2D eigenvalue weighted by Gasteiger charge is -2.15. The van der Waals surface area contributed by atoms with Crippen molar-refractivity contribution in [2.24, 2.45) is 0 Å². The van der Waals surface area contributed by atoms with Gasteiger partial charge in [0.25, 0.3) is 5.56 Å². The van der Waals surface area contributed by atoms with Crippen molar-refractivity contribution in [3.63, 3.8) is 0 Å². The van der Waals surface area contributed by atoms with E-state index in [2.05, 4.69) is 40.4 Å². The Morgan fingerprint density at radius 3 is 2.39 bits per heavy atom. The zero-order valence-corrected chi connectivity index (χ0v) is 20.0. The van der Waals surface area contributed by atoms with Gasteiger partial charge in [0.1, 0.15) is 11.4 Å². The van der Waals surface area contributed by atoms with Crippen LogP contribution in [-0.2, 0) is 6.54 Å². The van der Waals surface area contributed by atoms with Crippen LogP contribution in [0.15, 0.2) is 96.1 Å². The maximum atomic E-state index is 13.5. The lowest BCUT2D eigenvalue weighted by atomic mass is 10.0. The minimum absolute atomic E-state index is 0.100. The first-order chi connectivity index (χ1) is 17.5. The molecule has 1 aromatic heterocycles. The summed E-state index contributed by atoms with van der Waals surface area (Å²) in [5.74, 6) is 0.100. The number of benzene rings is 3. The highest BCUT2D eigenvalue weighted by atomic mass is 16.3. The summed E-state index contributed by atoms with van der Waals surface area (Å²) >= 11 is 0. The van der Waals surface area contributed by atoms with E-state index in [0.29, 0.717) is 23.2 Å². The molecule has 36 heavy (non-hydrogen) atoms. The number of fused-ring (bicyclic) bond motifs is 3. The number of aryl methyl sites for hydroxylation is 2. The maximum Gasteiger partial charge on any atom is 0.282 e. The molecule has 6 heteroatoms. The number of phenols is 1. The van der Waals surface area contributed by atoms with Crippen LogP contribution >= 0.6 is 0 Å². The highest BCUT2D eigenvalue weighted by molar-refractivity contribution is 5.98. The molecule has 1 N–H and O–H groups in total. The first-order valence-corrected chi connectivity index (χ1v) is 11.8. The van der Waals surface area contributed by atoms with Crippen LogP contribution < -0.4 is 5.56 Å². The summed E-state index contributed by atoms with van der Waals surface area (Å²) in [7, 11) is 0. The van der Waals surface area contributed by atoms with Gasteiger partial charge in [-0.05, 0) is 54.8 Å². The largest absolute Gasteiger partial charge is 0.507 e. The van der Waals surface area contributed by atoms with Crippen molar-refractivity contribution in [1.29, 1.82) is 0 Å². The maximum absolute atomic E-state index is 13.5. The summed E-state index contributed by atoms with van der Waals surface area (Å²) in [4.78, 5) is 17.9. The first kappa shape index (κ1) is 21.8. The molecule has 4 aromatic rings. The molecule has 6 nitrogen and oxygen atoms in total. The molecule has 3 aromatic carbocycles. The number of rotatable bonds is 4. The molecule has 0 aliphatic carbocycles. The molecule has 0 bridgehead atoms. The average Bonchev–Trinajstić information content (AvgIpc) is 3.21. The highest BCUT2D eigenvalue weighted by Gasteiger charge is 2.23. The molecule has 0 radical (unpaired) electrons. The highest BCUT2D eigenvalue weighted by Crippen LogP contribution is 2.34. The Bertz CT molecular complexity index is 1750. The summed E-state index contributed by atoms with van der Waals surface area (Å²) in [6, 6.07) is 25.4. The van der Waals surface area contributed by atoms with E-state index in [9.17, 15) is 9.90 Å². The molecule has 0 spiro atoms. The van der Waals surface area contributed by atoms with Gasteiger partial charge in [0.15, 0.2) is 0 Å². The van der Waals surface area contributed by atoms with Crippen molar-refractivity contribution in [3.05, 3.63) is 118 Å². The van der Waals surface area contributed by atoms with Crippen molar-refractivity contribution in [3.8, 4) is 33.8 Å². The summed E-state index contributed by atoms with van der Waals surface area (Å²) < 4.78 is 3.44. The number of para-hydroxylation sites is 1. The zero-order chi connectivity index (χ0) is 24.8. The van der Waals surface area contributed by atoms with Crippen molar-refractivity contribution in [2.45, 2.75) is 20.4 Å². The van der Waals surface area contributed by atoms with Crippen LogP contribution in [0.1, 0.15) is 16.8 Å². The second-order valence-electron chi connectivity index (χ2n) is 9.08. The van der Waals surface area contributed by atoms with Crippen LogP contribution in [0.2, 0.25) is 0 Å². The quantitative estimate of drug-likeness (QED) is 0.356. The van der Waals surface area contributed by atoms with Crippen molar-refractivity contribution in [1.82, 2.24) is 19.3 Å². The average molecular weight is 473 g/mol. The Morgan fingerprint density at radius 1 is 0.861 bits per heavy atom. The smallest absolute Gasteiger partial charge is 0.282 e. The molecule has 0 saturated carbocycles. The minimum atomic E-state index is -0.208. The van der Waals surface area contributed by atoms with Crippen LogP contribution in [0.4, 0.5) is 0 Å². The Labute approximate surface area is 208 Å². The van der Waals surface area contributed by atoms with Crippen molar-refractivity contribution in [2.75, 3.05) is 0 Å². The van der Waals surface area contributed by atoms with Gasteiger partial charge in [0.2, 0.25) is 0 Å². The SMILES string of the molecule is Cc1ccc(-c2ccc(Cn3cc4c(=O)n(-c5ccccc5C)nc-4c4c(O)cccc43)cc2)cn1. The van der Waals surface area contributed by atoms with E-state index in [4.69, 9.17) is 0 Å². The summed E-state index contributed by atoms with van der Waals surface area (Å²) in [6.07, 6.45) is 3.73. The molecule has 0 saturated heterocycles. The third kappa shape index (κ3) is 3.64. The number of hydrogen-bond acceptors (Lipinski definition) is 4. The number of nitrogens with zero attached hydrogens (tertiary/aromatic N) is 4. The van der Waals surface area contributed by atoms with Gasteiger partial charge in [0.05, 0.1) is 22.2 Å². The molecule has 176 valence electrons. The minimum Gasteiger partial charge on any atom is -0.507 e. The Balaban J connectivity index is 1.47. The topological polar surface area (TPSA) is 72.9 Å². The lowest BCUT2D eigenvalue weighted by molar-refractivity contribution is 0.481. The molecule has 0 atom stereocenters. The van der Waals surface area contributed by atoms with Gasteiger partial charge in [-0.15, -0.1) is 0 Å². The van der Waals surface area contributed by atoms with E-state index in [-0.39, 0.29) is 11.3 Å². The first-order valence-electron chi connectivity index (χ1n) is 11.8. The van der Waals surface area contributed by atoms with E-state index < -0.39 is 0 Å². The number of aromatic hydroxyl groups is 1. The molecule has 0 amide bonds. The van der Waals surface area contributed by atoms with E-state index >= 15 is 0 Å². The van der Waals surface area contributed by atoms with Gasteiger partial charge in [-0.1, -0.05) is 54.6 Å². The van der Waals surface area contributed by atoms with Crippen LogP contribution in [0.5, 0.6) is 5.75 Å². The second-order valence-corrected chi connectivity index (χ2v) is 9.08. The fourth-order valence-corrected chi connectivity index (χ4v) is 4.68. The molecule has 2 aliphatic rings. The van der Waals surface area contributed by atoms with Gasteiger partial charge >= 0.3 is 0 Å². The molecule has 0 fully saturated rings. The lowest BCUT2D eigenvalue weighted by Crippen LogP contribution is -2.16. The predicted octanol–water partition coefficient (Wildman–Crippen LogP) is 5.72. The standard InChI is InChI=1S/C30H24N4O2/c1-19-6-3-4-7-25(19)34-30(36)24-18-33(26-8-5-9-27(35)28(26)29(24)32-34)17-21-11-14-22(15-12-21)23-13-10-20(2)31-16-23/h3-16,18,35H,17H2,1-2H3. The number of phenolic OH excluding ortho intramolecular Hbond substituents is 1. The van der Waals surface area contributed by atoms with Crippen LogP contribution in [-0.4, -0.2) is 24.4 Å². The van der Waals surface area contributed by atoms with Gasteiger partial charge in [0, 0.05) is 30.2 Å². The van der Waals surface area contributed by atoms with Gasteiger partial charge in [-0.2, -0.15) is 9.78 Å². The molecule has 2 aliphatic heterocycles. The summed E-state index contributed by atoms with van der Waals surface area (Å²) in [5, 5.41) is 16.0. The van der Waals surface area contributed by atoms with Gasteiger partial charge in [-0.25, -0.2) is 0 Å². The number of pyridine rings is 2. The van der Waals surface area contributed by atoms with E-state index in [1.54, 1.807) is 6.07 Å². The predicted molar refractivity (Wildman–Crippen MR) is 142 cm³/mol. The van der Waals surface area contributed by atoms with E-state index in [1.807, 2.05) is 73.3 Å². The Hall–Kier alpha value is -4.71. The zero-order valence-electron chi connectivity index (χ0n) is 20.0. The fraction of sp³-hybridized carbons (Fsp3) is 0.100. The van der Waals surface area contributed by atoms with Gasteiger partial charge < -0.3 is 9.67 Å². The van der Waals surface area contributed by atoms with Crippen LogP contribution in [0, 0.1) is 13.8 Å².